The van der Waals surface area contributed by atoms with Gasteiger partial charge < -0.3 is 0 Å². The number of hydrogen-bond acceptors (Lipinski definition) is 3. The van der Waals surface area contributed by atoms with Gasteiger partial charge in [-0.3, -0.25) is 4.90 Å². The summed E-state index contributed by atoms with van der Waals surface area (Å²) in [5.41, 5.74) is 6.22. The monoisotopic (exact) mass is 517 g/mol. The van der Waals surface area contributed by atoms with Crippen molar-refractivity contribution in [3.63, 3.8) is 0 Å². The number of rotatable bonds is 11. The van der Waals surface area contributed by atoms with Crippen molar-refractivity contribution < 1.29 is 0 Å². The molecule has 1 aliphatic carbocycles. The highest BCUT2D eigenvalue weighted by molar-refractivity contribution is 5.55. The van der Waals surface area contributed by atoms with Crippen molar-refractivity contribution >= 4 is 0 Å². The molecule has 0 N–H and O–H groups in total. The fourth-order valence-corrected chi connectivity index (χ4v) is 6.31. The molecule has 3 nitrogen and oxygen atoms in total. The smallest absolute Gasteiger partial charge is 0.159 e. The first-order valence-electron chi connectivity index (χ1n) is 15.0. The van der Waals surface area contributed by atoms with E-state index < -0.39 is 0 Å². The minimum absolute atomic E-state index is 0.202. The quantitative estimate of drug-likeness (QED) is 0.198. The van der Waals surface area contributed by atoms with Crippen molar-refractivity contribution in [3.05, 3.63) is 120 Å². The van der Waals surface area contributed by atoms with Gasteiger partial charge in [-0.05, 0) is 36.0 Å². The Bertz CT molecular complexity index is 1220. The molecule has 202 valence electrons. The van der Waals surface area contributed by atoms with Crippen LogP contribution in [0.1, 0.15) is 93.3 Å². The zero-order chi connectivity index (χ0) is 26.9. The molecule has 0 aliphatic heterocycles. The second kappa shape index (κ2) is 13.7. The molecule has 39 heavy (non-hydrogen) atoms. The van der Waals surface area contributed by atoms with Crippen molar-refractivity contribution in [1.82, 2.24) is 14.9 Å². The molecule has 0 spiro atoms. The second-order valence-electron chi connectivity index (χ2n) is 11.1. The lowest BCUT2D eigenvalue weighted by atomic mass is 9.84. The lowest BCUT2D eigenvalue weighted by molar-refractivity contribution is 0.115. The van der Waals surface area contributed by atoms with Gasteiger partial charge in [-0.1, -0.05) is 137 Å². The molecule has 3 heteroatoms. The minimum atomic E-state index is 0.202. The molecule has 3 aromatic carbocycles. The lowest BCUT2D eigenvalue weighted by Gasteiger charge is -2.37. The molecule has 1 heterocycles. The van der Waals surface area contributed by atoms with Crippen LogP contribution in [-0.4, -0.2) is 14.9 Å². The predicted molar refractivity (Wildman–Crippen MR) is 162 cm³/mol. The molecule has 1 aromatic heterocycles. The van der Waals surface area contributed by atoms with Gasteiger partial charge in [0.25, 0.3) is 0 Å². The Morgan fingerprint density at radius 2 is 1.23 bits per heavy atom. The van der Waals surface area contributed by atoms with Gasteiger partial charge in [0.1, 0.15) is 0 Å². The van der Waals surface area contributed by atoms with Gasteiger partial charge >= 0.3 is 0 Å². The summed E-state index contributed by atoms with van der Waals surface area (Å²) < 4.78 is 0. The largest absolute Gasteiger partial charge is 0.286 e. The van der Waals surface area contributed by atoms with E-state index in [1.54, 1.807) is 0 Å². The minimum Gasteiger partial charge on any atom is -0.286 e. The molecule has 1 fully saturated rings. The molecule has 0 bridgehead atoms. The van der Waals surface area contributed by atoms with E-state index in [1.807, 2.05) is 0 Å². The first-order chi connectivity index (χ1) is 19.2. The molecule has 0 amide bonds. The Morgan fingerprint density at radius 3 is 1.77 bits per heavy atom. The zero-order valence-corrected chi connectivity index (χ0v) is 23.7. The lowest BCUT2D eigenvalue weighted by Crippen LogP contribution is -2.34. The van der Waals surface area contributed by atoms with Crippen molar-refractivity contribution in [2.75, 3.05) is 0 Å². The maximum atomic E-state index is 5.37. The highest BCUT2D eigenvalue weighted by Gasteiger charge is 2.31. The Kier molecular flexibility index (Phi) is 9.56. The van der Waals surface area contributed by atoms with Crippen molar-refractivity contribution in [3.8, 4) is 11.4 Å². The van der Waals surface area contributed by atoms with Crippen LogP contribution >= 0.6 is 0 Å². The summed E-state index contributed by atoms with van der Waals surface area (Å²) in [6.07, 6.45) is 8.65. The molecular weight excluding hydrogens is 474 g/mol. The van der Waals surface area contributed by atoms with Crippen molar-refractivity contribution in [1.29, 1.82) is 0 Å². The van der Waals surface area contributed by atoms with E-state index in [0.29, 0.717) is 11.8 Å². The van der Waals surface area contributed by atoms with Gasteiger partial charge in [0.15, 0.2) is 5.82 Å². The average molecular weight is 518 g/mol. The van der Waals surface area contributed by atoms with Gasteiger partial charge in [0.05, 0.1) is 11.7 Å². The van der Waals surface area contributed by atoms with Crippen LogP contribution in [-0.2, 0) is 13.1 Å². The molecule has 0 saturated heterocycles. The standard InChI is InChI=1S/C36H43N3/c1-3-30(4-2)35(39(26-28-17-9-5-10-18-28)27-29-19-11-6-12-20-29)34-25-33(31-21-13-7-14-22-31)37-36(38-34)32-23-15-8-16-24-32/h5-6,8-12,15-20,23-25,30-31,35H,3-4,7,13-14,21-22,26-27H2,1-2H3/t35-/m0/s1. The van der Waals surface area contributed by atoms with Crippen LogP contribution < -0.4 is 0 Å². The van der Waals surface area contributed by atoms with E-state index in [0.717, 1.165) is 37.3 Å². The SMILES string of the molecule is CCC(CC)[C@@H](c1cc(C2CCCCC2)nc(-c2ccccc2)n1)N(Cc1ccccc1)Cc1ccccc1. The summed E-state index contributed by atoms with van der Waals surface area (Å²) in [7, 11) is 0. The second-order valence-corrected chi connectivity index (χ2v) is 11.1. The summed E-state index contributed by atoms with van der Waals surface area (Å²) in [5, 5.41) is 0. The van der Waals surface area contributed by atoms with Gasteiger partial charge in [-0.2, -0.15) is 0 Å². The molecule has 0 radical (unpaired) electrons. The van der Waals surface area contributed by atoms with Crippen molar-refractivity contribution in [2.45, 2.75) is 83.8 Å². The van der Waals surface area contributed by atoms with Crippen molar-refractivity contribution in [2.24, 2.45) is 5.92 Å². The summed E-state index contributed by atoms with van der Waals surface area (Å²) in [5.74, 6) is 1.90. The van der Waals surface area contributed by atoms with E-state index >= 15 is 0 Å². The van der Waals surface area contributed by atoms with Crippen LogP contribution in [0.4, 0.5) is 0 Å². The molecule has 5 rings (SSSR count). The molecule has 1 aliphatic rings. The third-order valence-corrected chi connectivity index (χ3v) is 8.47. The highest BCUT2D eigenvalue weighted by atomic mass is 15.2. The number of aromatic nitrogens is 2. The van der Waals surface area contributed by atoms with Gasteiger partial charge in [0.2, 0.25) is 0 Å². The Morgan fingerprint density at radius 1 is 0.692 bits per heavy atom. The van der Waals surface area contributed by atoms with Crippen LogP contribution in [0.2, 0.25) is 0 Å². The molecule has 0 unspecified atom stereocenters. The predicted octanol–water partition coefficient (Wildman–Crippen LogP) is 9.37. The summed E-state index contributed by atoms with van der Waals surface area (Å²) in [4.78, 5) is 13.3. The van der Waals surface area contributed by atoms with Crippen LogP contribution in [0.5, 0.6) is 0 Å². The molecule has 1 saturated carbocycles. The zero-order valence-electron chi connectivity index (χ0n) is 23.7. The first kappa shape index (κ1) is 27.3. The Balaban J connectivity index is 1.63. The normalized spacial score (nSPS) is 15.1. The fourth-order valence-electron chi connectivity index (χ4n) is 6.31. The van der Waals surface area contributed by atoms with E-state index in [9.17, 15) is 0 Å². The first-order valence-corrected chi connectivity index (χ1v) is 15.0. The summed E-state index contributed by atoms with van der Waals surface area (Å²) in [6.45, 7) is 6.46. The number of benzene rings is 3. The molecule has 1 atom stereocenters. The number of nitrogens with zero attached hydrogens (tertiary/aromatic N) is 3. The van der Waals surface area contributed by atoms with Gasteiger partial charge in [0, 0.05) is 30.3 Å². The molecular formula is C36H43N3. The van der Waals surface area contributed by atoms with E-state index in [4.69, 9.17) is 9.97 Å². The van der Waals surface area contributed by atoms with Crippen LogP contribution in [0, 0.1) is 5.92 Å². The maximum absolute atomic E-state index is 5.37. The van der Waals surface area contributed by atoms with E-state index in [1.165, 1.54) is 54.6 Å². The molecule has 4 aromatic rings. The third kappa shape index (κ3) is 7.02. The van der Waals surface area contributed by atoms with Crippen LogP contribution in [0.3, 0.4) is 0 Å². The van der Waals surface area contributed by atoms with E-state index in [2.05, 4.69) is 116 Å². The van der Waals surface area contributed by atoms with E-state index in [-0.39, 0.29) is 6.04 Å². The van der Waals surface area contributed by atoms with Crippen LogP contribution in [0.25, 0.3) is 11.4 Å². The van der Waals surface area contributed by atoms with Crippen LogP contribution in [0.15, 0.2) is 97.1 Å². The number of hydrogen-bond donors (Lipinski definition) is 0. The van der Waals surface area contributed by atoms with Gasteiger partial charge in [-0.15, -0.1) is 0 Å². The third-order valence-electron chi connectivity index (χ3n) is 8.47. The Hall–Kier alpha value is -3.30. The Labute approximate surface area is 235 Å². The summed E-state index contributed by atoms with van der Waals surface area (Å²) in [6, 6.07) is 35.0. The summed E-state index contributed by atoms with van der Waals surface area (Å²) >= 11 is 0. The topological polar surface area (TPSA) is 29.0 Å². The fraction of sp³-hybridized carbons (Fsp3) is 0.389. The van der Waals surface area contributed by atoms with Gasteiger partial charge in [-0.25, -0.2) is 9.97 Å². The highest BCUT2D eigenvalue weighted by Crippen LogP contribution is 2.38. The average Bonchev–Trinajstić information content (AvgIpc) is 3.01. The maximum Gasteiger partial charge on any atom is 0.159 e.